The van der Waals surface area contributed by atoms with Crippen LogP contribution in [0.1, 0.15) is 33.8 Å². The van der Waals surface area contributed by atoms with Crippen molar-refractivity contribution >= 4 is 17.5 Å². The number of aromatic nitrogens is 2. The number of hydrogen-bond donors (Lipinski definition) is 1. The summed E-state index contributed by atoms with van der Waals surface area (Å²) in [5, 5.41) is 20.9. The highest BCUT2D eigenvalue weighted by Gasteiger charge is 2.34. The Morgan fingerprint density at radius 1 is 1.07 bits per heavy atom. The summed E-state index contributed by atoms with van der Waals surface area (Å²) in [4.78, 5) is 33.8. The molecular formula is C30H25ClN4O5. The molecule has 3 aromatic carbocycles. The second-order valence-electron chi connectivity index (χ2n) is 9.23. The fourth-order valence-electron chi connectivity index (χ4n) is 5.09. The molecule has 4 aromatic rings. The van der Waals surface area contributed by atoms with E-state index in [9.17, 15) is 20.0 Å². The van der Waals surface area contributed by atoms with Crippen LogP contribution < -0.4 is 15.0 Å². The van der Waals surface area contributed by atoms with E-state index in [1.807, 2.05) is 12.1 Å². The fraction of sp³-hybridized carbons (Fsp3) is 0.200. The molecule has 9 nitrogen and oxygen atoms in total. The molecule has 1 aliphatic rings. The minimum Gasteiger partial charge on any atom is -0.494 e. The van der Waals surface area contributed by atoms with Crippen molar-refractivity contribution < 1.29 is 19.4 Å². The number of aromatic hydroxyl groups is 1. The van der Waals surface area contributed by atoms with Crippen molar-refractivity contribution in [1.82, 2.24) is 14.5 Å². The summed E-state index contributed by atoms with van der Waals surface area (Å²) in [6.07, 6.45) is 0.605. The number of carbonyl (C=O) groups excluding carboxylic acids is 1. The van der Waals surface area contributed by atoms with E-state index in [-0.39, 0.29) is 24.0 Å². The van der Waals surface area contributed by atoms with E-state index in [4.69, 9.17) is 21.1 Å². The molecule has 1 fully saturated rings. The lowest BCUT2D eigenvalue weighted by molar-refractivity contribution is 0.0784. The maximum atomic E-state index is 14.2. The Morgan fingerprint density at radius 3 is 2.45 bits per heavy atom. The number of amides is 1. The summed E-state index contributed by atoms with van der Waals surface area (Å²) >= 11 is 6.24. The van der Waals surface area contributed by atoms with Crippen LogP contribution in [0.5, 0.6) is 17.4 Å². The van der Waals surface area contributed by atoms with Gasteiger partial charge in [-0.15, -0.1) is 0 Å². The zero-order valence-electron chi connectivity index (χ0n) is 21.8. The molecule has 0 radical (unpaired) electrons. The second kappa shape index (κ2) is 11.1. The number of rotatable bonds is 6. The van der Waals surface area contributed by atoms with Crippen LogP contribution in [-0.4, -0.2) is 52.8 Å². The van der Waals surface area contributed by atoms with E-state index in [0.717, 1.165) is 5.56 Å². The number of nitrogens with zero attached hydrogens (tertiary/aromatic N) is 4. The van der Waals surface area contributed by atoms with Crippen molar-refractivity contribution in [2.45, 2.75) is 12.3 Å². The molecule has 1 amide bonds. The Labute approximate surface area is 235 Å². The van der Waals surface area contributed by atoms with Gasteiger partial charge in [-0.25, -0.2) is 0 Å². The van der Waals surface area contributed by atoms with Crippen LogP contribution in [-0.2, 0) is 0 Å². The first-order chi connectivity index (χ1) is 19.4. The van der Waals surface area contributed by atoms with Crippen molar-refractivity contribution in [3.63, 3.8) is 0 Å². The first-order valence-corrected chi connectivity index (χ1v) is 12.9. The van der Waals surface area contributed by atoms with E-state index in [1.54, 1.807) is 54.6 Å². The molecule has 1 unspecified atom stereocenters. The van der Waals surface area contributed by atoms with Crippen molar-refractivity contribution in [2.75, 3.05) is 27.3 Å². The number of benzene rings is 3. The Bertz CT molecular complexity index is 1690. The molecule has 0 aliphatic carbocycles. The molecule has 0 saturated carbocycles. The Balaban J connectivity index is 1.66. The van der Waals surface area contributed by atoms with Gasteiger partial charge in [0.05, 0.1) is 25.9 Å². The zero-order chi connectivity index (χ0) is 28.4. The van der Waals surface area contributed by atoms with Gasteiger partial charge in [-0.3, -0.25) is 14.2 Å². The molecule has 202 valence electrons. The molecule has 1 N–H and O–H groups in total. The van der Waals surface area contributed by atoms with Gasteiger partial charge in [0.2, 0.25) is 5.88 Å². The van der Waals surface area contributed by atoms with Gasteiger partial charge >= 0.3 is 0 Å². The molecule has 1 aliphatic heterocycles. The van der Waals surface area contributed by atoms with E-state index in [2.05, 4.69) is 11.1 Å². The van der Waals surface area contributed by atoms with Crippen molar-refractivity contribution in [3.8, 4) is 40.5 Å². The lowest BCUT2D eigenvalue weighted by atomic mass is 9.94. The van der Waals surface area contributed by atoms with E-state index in [0.29, 0.717) is 40.6 Å². The molecule has 0 spiro atoms. The molecule has 40 heavy (non-hydrogen) atoms. The smallest absolute Gasteiger partial charge is 0.275 e. The van der Waals surface area contributed by atoms with Gasteiger partial charge in [0.1, 0.15) is 17.2 Å². The SMILES string of the molecule is COc1cccc(OC)c1-n1c(-c2cccc(Cl)c2)nc(O)c(C(=O)N2CCC(c3ccccc3C#N)C2)c1=O. The van der Waals surface area contributed by atoms with Crippen molar-refractivity contribution in [2.24, 2.45) is 0 Å². The molecular weight excluding hydrogens is 532 g/mol. The summed E-state index contributed by atoms with van der Waals surface area (Å²) in [6.45, 7) is 0.626. The minimum absolute atomic E-state index is 0.0478. The average molecular weight is 557 g/mol. The van der Waals surface area contributed by atoms with E-state index < -0.39 is 22.9 Å². The number of likely N-dealkylation sites (tertiary alicyclic amines) is 1. The van der Waals surface area contributed by atoms with Gasteiger partial charge in [0.15, 0.2) is 11.4 Å². The van der Waals surface area contributed by atoms with Gasteiger partial charge in [-0.05, 0) is 42.3 Å². The predicted octanol–water partition coefficient (Wildman–Crippen LogP) is 4.78. The molecule has 0 bridgehead atoms. The lowest BCUT2D eigenvalue weighted by Crippen LogP contribution is -2.36. The molecule has 5 rings (SSSR count). The monoisotopic (exact) mass is 556 g/mol. The van der Waals surface area contributed by atoms with Crippen LogP contribution in [0.15, 0.2) is 71.5 Å². The summed E-state index contributed by atoms with van der Waals surface area (Å²) in [5.74, 6) is -0.804. The highest BCUT2D eigenvalue weighted by atomic mass is 35.5. The van der Waals surface area contributed by atoms with Crippen LogP contribution in [0.2, 0.25) is 5.02 Å². The number of nitriles is 1. The van der Waals surface area contributed by atoms with E-state index in [1.165, 1.54) is 23.7 Å². The van der Waals surface area contributed by atoms with Crippen LogP contribution >= 0.6 is 11.6 Å². The van der Waals surface area contributed by atoms with Crippen LogP contribution in [0.3, 0.4) is 0 Å². The van der Waals surface area contributed by atoms with Gasteiger partial charge in [-0.2, -0.15) is 10.2 Å². The maximum absolute atomic E-state index is 14.2. The number of ether oxygens (including phenoxy) is 2. The molecule has 10 heteroatoms. The second-order valence-corrected chi connectivity index (χ2v) is 9.67. The first-order valence-electron chi connectivity index (χ1n) is 12.5. The van der Waals surface area contributed by atoms with Gasteiger partial charge in [0.25, 0.3) is 11.5 Å². The Hall–Kier alpha value is -4.81. The maximum Gasteiger partial charge on any atom is 0.275 e. The zero-order valence-corrected chi connectivity index (χ0v) is 22.6. The molecule has 2 heterocycles. The summed E-state index contributed by atoms with van der Waals surface area (Å²) < 4.78 is 12.3. The van der Waals surface area contributed by atoms with Crippen LogP contribution in [0.25, 0.3) is 17.1 Å². The Morgan fingerprint density at radius 2 is 1.77 bits per heavy atom. The number of hydrogen-bond acceptors (Lipinski definition) is 7. The Kier molecular flexibility index (Phi) is 7.45. The quantitative estimate of drug-likeness (QED) is 0.363. The highest BCUT2D eigenvalue weighted by molar-refractivity contribution is 6.30. The van der Waals surface area contributed by atoms with E-state index >= 15 is 0 Å². The van der Waals surface area contributed by atoms with Gasteiger partial charge in [-0.1, -0.05) is 48.0 Å². The van der Waals surface area contributed by atoms with Crippen LogP contribution in [0.4, 0.5) is 0 Å². The molecule has 1 saturated heterocycles. The van der Waals surface area contributed by atoms with Gasteiger partial charge < -0.3 is 19.5 Å². The fourth-order valence-corrected chi connectivity index (χ4v) is 5.28. The van der Waals surface area contributed by atoms with Gasteiger partial charge in [0, 0.05) is 29.6 Å². The number of methoxy groups -OCH3 is 2. The average Bonchev–Trinajstić information content (AvgIpc) is 3.47. The summed E-state index contributed by atoms with van der Waals surface area (Å²) in [5.41, 5.74) is 0.763. The third-order valence-electron chi connectivity index (χ3n) is 6.98. The lowest BCUT2D eigenvalue weighted by Gasteiger charge is -2.21. The summed E-state index contributed by atoms with van der Waals surface area (Å²) in [6, 6.07) is 21.1. The standard InChI is InChI=1S/C30H25ClN4O5/c1-39-23-11-6-12-24(40-2)26(23)35-27(18-8-5-9-21(31)15-18)33-28(36)25(30(35)38)29(37)34-14-13-20(17-34)22-10-4-3-7-19(22)16-32/h3-12,15,20,36H,13-14,17H2,1-2H3. The highest BCUT2D eigenvalue weighted by Crippen LogP contribution is 2.36. The normalized spacial score (nSPS) is 14.6. The minimum atomic E-state index is -0.795. The number of carbonyl (C=O) groups is 1. The molecule has 1 aromatic heterocycles. The summed E-state index contributed by atoms with van der Waals surface area (Å²) in [7, 11) is 2.90. The third-order valence-corrected chi connectivity index (χ3v) is 7.22. The topological polar surface area (TPSA) is 118 Å². The predicted molar refractivity (Wildman–Crippen MR) is 149 cm³/mol. The van der Waals surface area contributed by atoms with Crippen molar-refractivity contribution in [1.29, 1.82) is 5.26 Å². The van der Waals surface area contributed by atoms with Crippen molar-refractivity contribution in [3.05, 3.63) is 98.8 Å². The number of halogens is 1. The largest absolute Gasteiger partial charge is 0.494 e. The molecule has 1 atom stereocenters. The third kappa shape index (κ3) is 4.74. The first kappa shape index (κ1) is 26.8. The van der Waals surface area contributed by atoms with Crippen LogP contribution in [0, 0.1) is 11.3 Å². The number of para-hydroxylation sites is 1.